The number of rotatable bonds is 13. The molecule has 392 valence electrons. The Morgan fingerprint density at radius 1 is 0.838 bits per heavy atom. The molecule has 6 aromatic rings. The Morgan fingerprint density at radius 2 is 1.50 bits per heavy atom. The van der Waals surface area contributed by atoms with Crippen LogP contribution in [-0.4, -0.2) is 115 Å². The fraction of sp³-hybridized carbons (Fsp3) is 0.500. The van der Waals surface area contributed by atoms with Crippen molar-refractivity contribution in [3.8, 4) is 39.5 Å². The first-order valence-corrected chi connectivity index (χ1v) is 26.5. The topological polar surface area (TPSA) is 211 Å². The average molecular weight is 1030 g/mol. The van der Waals surface area contributed by atoms with E-state index in [9.17, 15) is 19.2 Å². The number of carbonyl (C=O) groups excluding carboxylic acids is 4. The maximum absolute atomic E-state index is 17.0. The fourth-order valence-corrected chi connectivity index (χ4v) is 12.4. The Morgan fingerprint density at radius 3 is 2.15 bits per heavy atom. The van der Waals surface area contributed by atoms with Gasteiger partial charge in [-0.15, -0.1) is 11.3 Å². The molecule has 4 amide bonds. The van der Waals surface area contributed by atoms with Crippen LogP contribution in [0.5, 0.6) is 5.75 Å². The van der Waals surface area contributed by atoms with Gasteiger partial charge in [0.2, 0.25) is 18.0 Å². The molecule has 0 aliphatic carbocycles. The number of imidazole rings is 2. The van der Waals surface area contributed by atoms with Crippen LogP contribution in [0.2, 0.25) is 0 Å². The molecule has 3 fully saturated rings. The Balaban J connectivity index is 0.956. The molecule has 0 saturated carbocycles. The number of nitrogens with one attached hydrogen (secondary N) is 4. The van der Waals surface area contributed by atoms with Gasteiger partial charge in [-0.25, -0.2) is 28.9 Å². The highest BCUT2D eigenvalue weighted by molar-refractivity contribution is 7.11. The van der Waals surface area contributed by atoms with Crippen LogP contribution in [0.15, 0.2) is 55.0 Å². The number of nitrogens with zero attached hydrogens (tertiary/aromatic N) is 6. The van der Waals surface area contributed by atoms with Gasteiger partial charge >= 0.3 is 12.2 Å². The molecule has 20 heteroatoms. The molecule has 4 aliphatic heterocycles. The summed E-state index contributed by atoms with van der Waals surface area (Å²) in [4.78, 5) is 78.8. The predicted octanol–water partition coefficient (Wildman–Crippen LogP) is 9.46. The molecule has 74 heavy (non-hydrogen) atoms. The summed E-state index contributed by atoms with van der Waals surface area (Å²) in [5.41, 5.74) is 4.07. The number of halogens is 1. The van der Waals surface area contributed by atoms with Gasteiger partial charge in [-0.3, -0.25) is 14.2 Å². The first-order valence-electron chi connectivity index (χ1n) is 25.6. The number of aromatic amines is 2. The number of ether oxygens (including phenoxy) is 4. The third-order valence-corrected chi connectivity index (χ3v) is 15.9. The third-order valence-electron chi connectivity index (χ3n) is 14.9. The van der Waals surface area contributed by atoms with E-state index < -0.39 is 41.9 Å². The van der Waals surface area contributed by atoms with Crippen LogP contribution in [0.3, 0.4) is 0 Å². The number of alkyl carbamates (subject to hydrolysis) is 2. The molecule has 3 saturated heterocycles. The first kappa shape index (κ1) is 50.7. The molecule has 8 heterocycles. The number of benzene rings is 2. The number of hydrogen-bond acceptors (Lipinski definition) is 12. The molecule has 2 aromatic carbocycles. The Hall–Kier alpha value is -6.80. The van der Waals surface area contributed by atoms with E-state index in [1.807, 2.05) is 67.6 Å². The summed E-state index contributed by atoms with van der Waals surface area (Å²) in [6.07, 6.45) is 8.25. The second-order valence-corrected chi connectivity index (χ2v) is 22.5. The summed E-state index contributed by atoms with van der Waals surface area (Å²) in [6, 6.07) is 9.12. The van der Waals surface area contributed by atoms with Crippen LogP contribution in [-0.2, 0) is 30.2 Å². The smallest absolute Gasteiger partial charge is 0.407 e. The lowest BCUT2D eigenvalue weighted by Crippen LogP contribution is -2.54. The van der Waals surface area contributed by atoms with E-state index in [4.69, 9.17) is 33.9 Å². The number of H-pyrrole nitrogens is 2. The number of thiazole rings is 1. The van der Waals surface area contributed by atoms with Gasteiger partial charge < -0.3 is 49.3 Å². The van der Waals surface area contributed by atoms with E-state index in [1.54, 1.807) is 28.6 Å². The van der Waals surface area contributed by atoms with Gasteiger partial charge in [0, 0.05) is 48.8 Å². The van der Waals surface area contributed by atoms with Crippen molar-refractivity contribution in [2.75, 3.05) is 33.9 Å². The molecule has 4 unspecified atom stereocenters. The van der Waals surface area contributed by atoms with Gasteiger partial charge in [-0.2, -0.15) is 0 Å². The van der Waals surface area contributed by atoms with Crippen molar-refractivity contribution < 1.29 is 42.5 Å². The van der Waals surface area contributed by atoms with Crippen molar-refractivity contribution in [2.24, 2.45) is 17.8 Å². The normalized spacial score (nSPS) is 21.1. The number of methoxy groups -OCH3 is 2. The Bertz CT molecular complexity index is 3090. The van der Waals surface area contributed by atoms with Gasteiger partial charge in [-0.05, 0) is 100 Å². The van der Waals surface area contributed by atoms with Crippen molar-refractivity contribution in [2.45, 2.75) is 122 Å². The summed E-state index contributed by atoms with van der Waals surface area (Å²) in [5, 5.41) is 7.39. The summed E-state index contributed by atoms with van der Waals surface area (Å²) < 4.78 is 41.7. The van der Waals surface area contributed by atoms with Crippen molar-refractivity contribution >= 4 is 46.2 Å². The maximum Gasteiger partial charge on any atom is 0.407 e. The molecular formula is C54H65FN10O8S. The summed E-state index contributed by atoms with van der Waals surface area (Å²) in [6.45, 7) is 13.6. The number of fused-ring (bicyclic) bond motifs is 5. The maximum atomic E-state index is 17.0. The van der Waals surface area contributed by atoms with Gasteiger partial charge in [0.25, 0.3) is 0 Å². The highest BCUT2D eigenvalue weighted by Crippen LogP contribution is 2.48. The minimum Gasteiger partial charge on any atom is -0.464 e. The second-order valence-electron chi connectivity index (χ2n) is 21.3. The number of carbonyl (C=O) groups is 4. The molecule has 0 spiro atoms. The zero-order valence-corrected chi connectivity index (χ0v) is 43.9. The highest BCUT2D eigenvalue weighted by Gasteiger charge is 2.43. The van der Waals surface area contributed by atoms with Crippen LogP contribution in [0.25, 0.3) is 44.7 Å². The molecule has 4 aliphatic rings. The zero-order chi connectivity index (χ0) is 52.2. The van der Waals surface area contributed by atoms with Crippen LogP contribution >= 0.6 is 11.3 Å². The van der Waals surface area contributed by atoms with Crippen LogP contribution < -0.4 is 15.4 Å². The Labute approximate surface area is 433 Å². The standard InChI is InChI=1S/C54H65FN10O8S/c1-28(2)19-43-56-27-42(74-43)51-65-37-14-13-30(35-25-57-47(59-35)39-12-10-17-64(39)50(67)46(62-53(69)71-8)31-15-18-72-54(5,6)24-31)20-33(37)22-40(65)44-34(55)21-32(23-41(44)73-51)36-26-58-48(60-36)38-11-9-16-63(38)49(66)45(29(3)4)61-52(68)70-7/h13-14,20-23,25-29,31,38-39,45-46,51H,9-12,15-19,24H2,1-8H3,(H,57,59)(H,58,60)(H,61,68)(H,62,69)/t31?,38-,39-,45?,46?,51?/m0/s1. The lowest BCUT2D eigenvalue weighted by Gasteiger charge is -2.40. The van der Waals surface area contributed by atoms with Crippen molar-refractivity contribution in [1.82, 2.24) is 49.9 Å². The van der Waals surface area contributed by atoms with E-state index in [0.29, 0.717) is 91.2 Å². The molecule has 4 aromatic heterocycles. The van der Waals surface area contributed by atoms with E-state index in [0.717, 1.165) is 51.3 Å². The van der Waals surface area contributed by atoms with Crippen LogP contribution in [0, 0.1) is 23.6 Å². The summed E-state index contributed by atoms with van der Waals surface area (Å²) in [5.74, 6) is 0.791. The average Bonchev–Trinajstić information content (AvgIpc) is 4.24. The number of likely N-dealkylation sites (tertiary alicyclic amines) is 2. The second kappa shape index (κ2) is 20.5. The summed E-state index contributed by atoms with van der Waals surface area (Å²) >= 11 is 1.58. The largest absolute Gasteiger partial charge is 0.464 e. The van der Waals surface area contributed by atoms with Crippen molar-refractivity contribution in [3.63, 3.8) is 0 Å². The fourth-order valence-electron chi connectivity index (χ4n) is 11.3. The van der Waals surface area contributed by atoms with Crippen LogP contribution in [0.1, 0.15) is 120 Å². The molecule has 10 rings (SSSR count). The van der Waals surface area contributed by atoms with Crippen molar-refractivity contribution in [1.29, 1.82) is 0 Å². The number of amides is 4. The molecule has 0 bridgehead atoms. The molecular weight excluding hydrogens is 968 g/mol. The van der Waals surface area contributed by atoms with E-state index in [-0.39, 0.29) is 35.7 Å². The molecule has 4 N–H and O–H groups in total. The zero-order valence-electron chi connectivity index (χ0n) is 43.1. The minimum absolute atomic E-state index is 0.134. The minimum atomic E-state index is -0.780. The number of hydrogen-bond donors (Lipinski definition) is 4. The van der Waals surface area contributed by atoms with Gasteiger partial charge in [0.1, 0.15) is 35.3 Å². The SMILES string of the molecule is COC(=O)NC(C(=O)N1CCC[C@H]1c1ncc(-c2cc(F)c3c(c2)OC(c2cnc(CC(C)C)s2)n2c-3cc3cc(-c4cnc([C@@H]5CCCN5C(=O)C(NC(=O)OC)C5CCOC(C)(C)C5)[nH]4)ccc32)[nH]1)C(C)C. The monoisotopic (exact) mass is 1030 g/mol. The van der Waals surface area contributed by atoms with E-state index in [1.165, 1.54) is 20.3 Å². The quantitative estimate of drug-likeness (QED) is 0.0856. The van der Waals surface area contributed by atoms with E-state index >= 15 is 4.39 Å². The molecule has 0 radical (unpaired) electrons. The van der Waals surface area contributed by atoms with Gasteiger partial charge in [0.15, 0.2) is 0 Å². The van der Waals surface area contributed by atoms with Gasteiger partial charge in [0.05, 0.1) is 82.3 Å². The molecule has 6 atom stereocenters. The molecule has 18 nitrogen and oxygen atoms in total. The highest BCUT2D eigenvalue weighted by atomic mass is 32.1. The third kappa shape index (κ3) is 9.85. The number of aromatic nitrogens is 6. The predicted molar refractivity (Wildman–Crippen MR) is 276 cm³/mol. The Kier molecular flexibility index (Phi) is 14.0. The van der Waals surface area contributed by atoms with Crippen LogP contribution in [0.4, 0.5) is 14.0 Å². The lowest BCUT2D eigenvalue weighted by molar-refractivity contribution is -0.139. The van der Waals surface area contributed by atoms with E-state index in [2.05, 4.69) is 40.5 Å². The lowest BCUT2D eigenvalue weighted by atomic mass is 9.82. The summed E-state index contributed by atoms with van der Waals surface area (Å²) in [7, 11) is 2.57. The first-order chi connectivity index (χ1) is 35.5. The van der Waals surface area contributed by atoms with Gasteiger partial charge in [-0.1, -0.05) is 33.8 Å². The van der Waals surface area contributed by atoms with Crippen molar-refractivity contribution in [3.05, 3.63) is 82.3 Å².